The van der Waals surface area contributed by atoms with Gasteiger partial charge in [-0.3, -0.25) is 4.90 Å². The van der Waals surface area contributed by atoms with Crippen LogP contribution >= 0.6 is 0 Å². The van der Waals surface area contributed by atoms with E-state index in [1.54, 1.807) is 30.6 Å². The van der Waals surface area contributed by atoms with Gasteiger partial charge in [0.1, 0.15) is 17.0 Å². The van der Waals surface area contributed by atoms with E-state index in [0.717, 1.165) is 16.6 Å². The first-order valence-electron chi connectivity index (χ1n) is 11.8. The number of fused-ring (bicyclic) bond motifs is 1. The fraction of sp³-hybridized carbons (Fsp3) is 0.286. The molecule has 1 aromatic heterocycles. The van der Waals surface area contributed by atoms with Gasteiger partial charge >= 0.3 is 11.9 Å². The summed E-state index contributed by atoms with van der Waals surface area (Å²) in [6, 6.07) is 13.2. The highest BCUT2D eigenvalue weighted by atomic mass is 16.5. The summed E-state index contributed by atoms with van der Waals surface area (Å²) in [5.41, 5.74) is 10.9. The van der Waals surface area contributed by atoms with Crippen LogP contribution in [0.5, 0.6) is 0 Å². The first kappa shape index (κ1) is 25.5. The van der Waals surface area contributed by atoms with Gasteiger partial charge in [0.25, 0.3) is 0 Å². The summed E-state index contributed by atoms with van der Waals surface area (Å²) in [6.45, 7) is 7.91. The predicted octanol–water partition coefficient (Wildman–Crippen LogP) is 4.13. The van der Waals surface area contributed by atoms with Crippen molar-refractivity contribution in [2.75, 3.05) is 19.1 Å². The number of aryl methyl sites for hydroxylation is 1. The maximum atomic E-state index is 13.4. The summed E-state index contributed by atoms with van der Waals surface area (Å²) >= 11 is 0. The summed E-state index contributed by atoms with van der Waals surface area (Å²) < 4.78 is 12.3. The first-order chi connectivity index (χ1) is 17.7. The fourth-order valence-corrected chi connectivity index (χ4v) is 4.80. The van der Waals surface area contributed by atoms with E-state index in [1.165, 1.54) is 19.1 Å². The second-order valence-corrected chi connectivity index (χ2v) is 9.12. The van der Waals surface area contributed by atoms with Crippen molar-refractivity contribution in [1.82, 2.24) is 9.55 Å². The second kappa shape index (κ2) is 9.82. The average molecular weight is 500 g/mol. The molecule has 1 atom stereocenters. The molecule has 9 heteroatoms. The number of hydrogen-bond acceptors (Lipinski definition) is 8. The van der Waals surface area contributed by atoms with Gasteiger partial charge in [-0.25, -0.2) is 14.6 Å². The number of hydrogen-bond donors (Lipinski definition) is 1. The van der Waals surface area contributed by atoms with Gasteiger partial charge in [-0.2, -0.15) is 5.26 Å². The Hall–Kier alpha value is -4.58. The van der Waals surface area contributed by atoms with Crippen LogP contribution in [0.25, 0.3) is 11.0 Å². The van der Waals surface area contributed by atoms with Crippen molar-refractivity contribution < 1.29 is 19.1 Å². The lowest BCUT2D eigenvalue weighted by Gasteiger charge is -2.36. The van der Waals surface area contributed by atoms with Crippen LogP contribution in [0, 0.1) is 25.2 Å². The number of carbonyl (C=O) groups is 2. The predicted molar refractivity (Wildman–Crippen MR) is 139 cm³/mol. The molecule has 0 aliphatic carbocycles. The van der Waals surface area contributed by atoms with E-state index in [1.807, 2.05) is 44.4 Å². The van der Waals surface area contributed by atoms with Crippen molar-refractivity contribution in [2.24, 2.45) is 5.73 Å². The molecule has 0 saturated heterocycles. The van der Waals surface area contributed by atoms with Crippen LogP contribution in [0.15, 0.2) is 65.4 Å². The van der Waals surface area contributed by atoms with Gasteiger partial charge < -0.3 is 19.8 Å². The third-order valence-electron chi connectivity index (χ3n) is 6.75. The Morgan fingerprint density at radius 2 is 1.76 bits per heavy atom. The minimum atomic E-state index is -0.933. The molecule has 0 bridgehead atoms. The molecular formula is C28H29N5O4. The lowest BCUT2D eigenvalue weighted by molar-refractivity contribution is -0.139. The highest BCUT2D eigenvalue weighted by Gasteiger charge is 2.44. The molecule has 37 heavy (non-hydrogen) atoms. The van der Waals surface area contributed by atoms with E-state index in [4.69, 9.17) is 15.2 Å². The Balaban J connectivity index is 2.18. The van der Waals surface area contributed by atoms with Gasteiger partial charge in [0.15, 0.2) is 0 Å². The van der Waals surface area contributed by atoms with E-state index in [9.17, 15) is 14.9 Å². The molecule has 1 unspecified atom stereocenters. The summed E-state index contributed by atoms with van der Waals surface area (Å²) in [5, 5.41) is 10.3. The number of nitriles is 1. The molecule has 0 saturated carbocycles. The number of imidazole rings is 1. The van der Waals surface area contributed by atoms with Gasteiger partial charge in [-0.15, -0.1) is 0 Å². The zero-order valence-corrected chi connectivity index (χ0v) is 21.7. The normalized spacial score (nSPS) is 15.8. The molecule has 2 aromatic carbocycles. The van der Waals surface area contributed by atoms with Gasteiger partial charge in [0, 0.05) is 6.04 Å². The van der Waals surface area contributed by atoms with E-state index >= 15 is 0 Å². The number of methoxy groups -OCH3 is 2. The zero-order valence-electron chi connectivity index (χ0n) is 21.7. The Kier molecular flexibility index (Phi) is 6.77. The summed E-state index contributed by atoms with van der Waals surface area (Å²) in [7, 11) is 2.45. The number of aromatic nitrogens is 2. The fourth-order valence-electron chi connectivity index (χ4n) is 4.80. The van der Waals surface area contributed by atoms with Crippen LogP contribution in [0.4, 0.5) is 5.69 Å². The van der Waals surface area contributed by atoms with Crippen LogP contribution < -0.4 is 10.6 Å². The van der Waals surface area contributed by atoms with Crippen LogP contribution in [-0.2, 0) is 19.1 Å². The molecule has 0 amide bonds. The smallest absolute Gasteiger partial charge is 0.355 e. The van der Waals surface area contributed by atoms with Crippen molar-refractivity contribution in [1.29, 1.82) is 5.26 Å². The Morgan fingerprint density at radius 3 is 2.32 bits per heavy atom. The molecule has 0 fully saturated rings. The zero-order chi connectivity index (χ0) is 27.0. The molecule has 3 aromatic rings. The van der Waals surface area contributed by atoms with Crippen molar-refractivity contribution in [3.63, 3.8) is 0 Å². The van der Waals surface area contributed by atoms with E-state index in [-0.39, 0.29) is 28.7 Å². The Bertz CT molecular complexity index is 1510. The van der Waals surface area contributed by atoms with Crippen LogP contribution in [0.1, 0.15) is 42.5 Å². The van der Waals surface area contributed by atoms with E-state index < -0.39 is 17.9 Å². The van der Waals surface area contributed by atoms with Crippen LogP contribution in [-0.4, -0.2) is 35.7 Å². The maximum Gasteiger partial charge on any atom is 0.355 e. The molecular weight excluding hydrogens is 470 g/mol. The number of allylic oxidation sites excluding steroid dienone is 1. The number of esters is 2. The number of anilines is 1. The third kappa shape index (κ3) is 4.00. The molecule has 1 aliphatic heterocycles. The molecule has 0 radical (unpaired) electrons. The quantitative estimate of drug-likeness (QED) is 0.520. The number of ether oxygens (including phenoxy) is 2. The number of nitrogens with zero attached hydrogens (tertiary/aromatic N) is 4. The molecule has 1 aliphatic rings. The lowest BCUT2D eigenvalue weighted by atomic mass is 9.80. The van der Waals surface area contributed by atoms with Crippen molar-refractivity contribution >= 4 is 28.7 Å². The average Bonchev–Trinajstić information content (AvgIpc) is 3.32. The summed E-state index contributed by atoms with van der Waals surface area (Å²) in [6.07, 6.45) is 1.72. The molecule has 2 heterocycles. The minimum absolute atomic E-state index is 0.0125. The third-order valence-corrected chi connectivity index (χ3v) is 6.75. The summed E-state index contributed by atoms with van der Waals surface area (Å²) in [4.78, 5) is 32.8. The largest absolute Gasteiger partial charge is 0.466 e. The van der Waals surface area contributed by atoms with Gasteiger partial charge in [-0.05, 0) is 50.5 Å². The van der Waals surface area contributed by atoms with Gasteiger partial charge in [0.05, 0.1) is 54.9 Å². The monoisotopic (exact) mass is 499 g/mol. The molecule has 9 nitrogen and oxygen atoms in total. The maximum absolute atomic E-state index is 13.4. The van der Waals surface area contributed by atoms with Crippen molar-refractivity contribution in [2.45, 2.75) is 39.7 Å². The Labute approximate surface area is 215 Å². The molecule has 190 valence electrons. The SMILES string of the molecule is COC(=O)C1=C(C(=O)OC)N(c2c(C)c(C)cc3c2ncn3C(C)C)C(N)=C(C#N)C1c1ccccc1. The van der Waals surface area contributed by atoms with E-state index in [0.29, 0.717) is 16.8 Å². The summed E-state index contributed by atoms with van der Waals surface area (Å²) in [5.74, 6) is -2.48. The van der Waals surface area contributed by atoms with Gasteiger partial charge in [0.2, 0.25) is 0 Å². The number of benzene rings is 2. The number of rotatable bonds is 5. The highest BCUT2D eigenvalue weighted by Crippen LogP contribution is 2.46. The topological polar surface area (TPSA) is 123 Å². The van der Waals surface area contributed by atoms with Gasteiger partial charge in [-0.1, -0.05) is 30.3 Å². The van der Waals surface area contributed by atoms with Crippen LogP contribution in [0.2, 0.25) is 0 Å². The first-order valence-corrected chi connectivity index (χ1v) is 11.8. The highest BCUT2D eigenvalue weighted by molar-refractivity contribution is 6.08. The molecule has 2 N–H and O–H groups in total. The van der Waals surface area contributed by atoms with E-state index in [2.05, 4.69) is 11.1 Å². The lowest BCUT2D eigenvalue weighted by Crippen LogP contribution is -2.41. The minimum Gasteiger partial charge on any atom is -0.466 e. The molecule has 4 rings (SSSR count). The van der Waals surface area contributed by atoms with Crippen molar-refractivity contribution in [3.05, 3.63) is 82.1 Å². The standard InChI is InChI=1S/C28H29N5O4/c1-15(2)32-14-31-23-20(32)12-16(3)17(4)24(23)33-25(28(35)37-6)22(27(34)36-5)21(19(13-29)26(33)30)18-10-8-7-9-11-18/h7-12,14-15,21H,30H2,1-6H3. The number of nitrogens with two attached hydrogens (primary N) is 1. The Morgan fingerprint density at radius 1 is 1.11 bits per heavy atom. The van der Waals surface area contributed by atoms with Crippen LogP contribution in [0.3, 0.4) is 0 Å². The molecule has 0 spiro atoms. The second-order valence-electron chi connectivity index (χ2n) is 9.12. The number of carbonyl (C=O) groups excluding carboxylic acids is 2. The van der Waals surface area contributed by atoms with Crippen molar-refractivity contribution in [3.8, 4) is 6.07 Å².